The van der Waals surface area contributed by atoms with Crippen molar-refractivity contribution in [3.05, 3.63) is 216 Å². The lowest BCUT2D eigenvalue weighted by Crippen LogP contribution is -2.17. The zero-order chi connectivity index (χ0) is 39.2. The summed E-state index contributed by atoms with van der Waals surface area (Å²) in [5.74, 6) is 0. The molecule has 9 aromatic carbocycles. The summed E-state index contributed by atoms with van der Waals surface area (Å²) in [5.41, 5.74) is 17.7. The molecule has 2 nitrogen and oxygen atoms in total. The van der Waals surface area contributed by atoms with E-state index in [9.17, 15) is 0 Å². The first-order valence-electron chi connectivity index (χ1n) is 20.4. The summed E-state index contributed by atoms with van der Waals surface area (Å²) in [7, 11) is 0. The van der Waals surface area contributed by atoms with Crippen LogP contribution in [0.25, 0.3) is 43.8 Å². The Bertz CT molecular complexity index is 2750. The standard InChI is InChI=1S/C56H44N2/c1-55(2)51-33-39-29-45(57(41-17-9-5-10-18-41)42-19-11-6-12-20-42)27-25-37(39)31-47(51)49-36-54-50(35-53(49)55)48-32-38-26-28-46(30-40(38)34-52(48)56(54,3)4)58(43-21-13-7-14-22-43)44-23-15-8-16-24-44/h5-36H,1-4H3. The second-order valence-electron chi connectivity index (χ2n) is 17.1. The molecule has 2 aliphatic rings. The van der Waals surface area contributed by atoms with Crippen molar-refractivity contribution in [1.29, 1.82) is 0 Å². The van der Waals surface area contributed by atoms with Crippen LogP contribution < -0.4 is 9.80 Å². The zero-order valence-corrected chi connectivity index (χ0v) is 33.4. The van der Waals surface area contributed by atoms with Crippen LogP contribution in [-0.2, 0) is 10.8 Å². The highest BCUT2D eigenvalue weighted by atomic mass is 15.1. The number of para-hydroxylation sites is 4. The van der Waals surface area contributed by atoms with Gasteiger partial charge in [0.05, 0.1) is 0 Å². The van der Waals surface area contributed by atoms with Crippen molar-refractivity contribution in [2.24, 2.45) is 0 Å². The second kappa shape index (κ2) is 12.8. The smallest absolute Gasteiger partial charge is 0.0468 e. The molecule has 0 fully saturated rings. The monoisotopic (exact) mass is 744 g/mol. The van der Waals surface area contributed by atoms with Crippen LogP contribution in [0.4, 0.5) is 34.1 Å². The SMILES string of the molecule is CC1(C)c2cc3c(cc2-c2cc4ccc(N(c5ccccc5)c5ccccc5)cc4cc21)C(C)(C)c1cc2cc(N(c4ccccc4)c4ccccc4)ccc2cc1-3. The highest BCUT2D eigenvalue weighted by Gasteiger charge is 2.42. The van der Waals surface area contributed by atoms with Crippen molar-refractivity contribution in [3.63, 3.8) is 0 Å². The zero-order valence-electron chi connectivity index (χ0n) is 33.4. The summed E-state index contributed by atoms with van der Waals surface area (Å²) < 4.78 is 0. The Morgan fingerprint density at radius 1 is 0.259 bits per heavy atom. The van der Waals surface area contributed by atoms with Crippen LogP contribution in [0.15, 0.2) is 194 Å². The Hall–Kier alpha value is -6.90. The molecule has 0 N–H and O–H groups in total. The molecule has 0 saturated heterocycles. The van der Waals surface area contributed by atoms with Crippen LogP contribution in [0.5, 0.6) is 0 Å². The van der Waals surface area contributed by atoms with Crippen molar-refractivity contribution < 1.29 is 0 Å². The van der Waals surface area contributed by atoms with Crippen LogP contribution in [0.1, 0.15) is 49.9 Å². The Morgan fingerprint density at radius 3 is 0.879 bits per heavy atom. The second-order valence-corrected chi connectivity index (χ2v) is 17.1. The molecule has 0 atom stereocenters. The van der Waals surface area contributed by atoms with Crippen molar-refractivity contribution in [1.82, 2.24) is 0 Å². The number of benzene rings is 9. The molecule has 0 saturated carbocycles. The van der Waals surface area contributed by atoms with Crippen molar-refractivity contribution in [3.8, 4) is 22.3 Å². The number of anilines is 6. The first kappa shape index (κ1) is 34.4. The van der Waals surface area contributed by atoms with E-state index in [0.717, 1.165) is 34.1 Å². The molecule has 0 unspecified atom stereocenters. The normalized spacial score (nSPS) is 14.1. The first-order valence-corrected chi connectivity index (χ1v) is 20.4. The fourth-order valence-corrected chi connectivity index (χ4v) is 9.90. The van der Waals surface area contributed by atoms with Crippen LogP contribution in [0.3, 0.4) is 0 Å². The van der Waals surface area contributed by atoms with Crippen molar-refractivity contribution in [2.45, 2.75) is 38.5 Å². The average Bonchev–Trinajstić information content (AvgIpc) is 3.60. The molecule has 0 bridgehead atoms. The fourth-order valence-electron chi connectivity index (χ4n) is 9.90. The maximum absolute atomic E-state index is 2.54. The topological polar surface area (TPSA) is 6.48 Å². The molecule has 0 radical (unpaired) electrons. The van der Waals surface area contributed by atoms with Gasteiger partial charge in [-0.2, -0.15) is 0 Å². The molecule has 2 heteroatoms. The lowest BCUT2D eigenvalue weighted by molar-refractivity contribution is 0.653. The number of hydrogen-bond acceptors (Lipinski definition) is 2. The largest absolute Gasteiger partial charge is 0.310 e. The molecule has 2 aliphatic carbocycles. The molecule has 0 aliphatic heterocycles. The van der Waals surface area contributed by atoms with Gasteiger partial charge in [-0.1, -0.05) is 113 Å². The van der Waals surface area contributed by atoms with Gasteiger partial charge < -0.3 is 9.80 Å². The molecule has 0 heterocycles. The van der Waals surface area contributed by atoms with Gasteiger partial charge in [0.1, 0.15) is 0 Å². The van der Waals surface area contributed by atoms with E-state index in [1.807, 2.05) is 0 Å². The van der Waals surface area contributed by atoms with E-state index in [2.05, 4.69) is 232 Å². The van der Waals surface area contributed by atoms with Crippen molar-refractivity contribution in [2.75, 3.05) is 9.80 Å². The molecular formula is C56H44N2. The minimum atomic E-state index is -0.153. The highest BCUT2D eigenvalue weighted by Crippen LogP contribution is 2.57. The summed E-state index contributed by atoms with van der Waals surface area (Å²) in [6, 6.07) is 71.5. The van der Waals surface area contributed by atoms with Gasteiger partial charge in [-0.3, -0.25) is 0 Å². The van der Waals surface area contributed by atoms with Gasteiger partial charge in [-0.05, 0) is 175 Å². The molecule has 58 heavy (non-hydrogen) atoms. The molecule has 11 rings (SSSR count). The number of nitrogens with zero attached hydrogens (tertiary/aromatic N) is 2. The lowest BCUT2D eigenvalue weighted by atomic mass is 9.79. The average molecular weight is 745 g/mol. The Morgan fingerprint density at radius 2 is 0.552 bits per heavy atom. The van der Waals surface area contributed by atoms with Gasteiger partial charge in [0.25, 0.3) is 0 Å². The van der Waals surface area contributed by atoms with Gasteiger partial charge in [0, 0.05) is 45.0 Å². The summed E-state index contributed by atoms with van der Waals surface area (Å²) in [5, 5.41) is 5.04. The van der Waals surface area contributed by atoms with Crippen LogP contribution in [0, 0.1) is 0 Å². The van der Waals surface area contributed by atoms with E-state index in [4.69, 9.17) is 0 Å². The maximum Gasteiger partial charge on any atom is 0.0468 e. The van der Waals surface area contributed by atoms with E-state index >= 15 is 0 Å². The minimum absolute atomic E-state index is 0.153. The van der Waals surface area contributed by atoms with E-state index in [1.54, 1.807) is 0 Å². The van der Waals surface area contributed by atoms with E-state index < -0.39 is 0 Å². The Balaban J connectivity index is 1.00. The summed E-state index contributed by atoms with van der Waals surface area (Å²) in [6.45, 7) is 9.64. The molecule has 0 spiro atoms. The summed E-state index contributed by atoms with van der Waals surface area (Å²) >= 11 is 0. The van der Waals surface area contributed by atoms with Gasteiger partial charge in [-0.25, -0.2) is 0 Å². The maximum atomic E-state index is 2.54. The highest BCUT2D eigenvalue weighted by molar-refractivity contribution is 6.00. The van der Waals surface area contributed by atoms with Gasteiger partial charge in [0.2, 0.25) is 0 Å². The predicted octanol–water partition coefficient (Wildman–Crippen LogP) is 15.5. The van der Waals surface area contributed by atoms with Crippen LogP contribution in [-0.4, -0.2) is 0 Å². The number of rotatable bonds is 6. The van der Waals surface area contributed by atoms with Crippen molar-refractivity contribution >= 4 is 55.7 Å². The van der Waals surface area contributed by atoms with E-state index in [0.29, 0.717) is 0 Å². The molecular weight excluding hydrogens is 701 g/mol. The summed E-state index contributed by atoms with van der Waals surface area (Å²) in [4.78, 5) is 4.70. The minimum Gasteiger partial charge on any atom is -0.310 e. The first-order chi connectivity index (χ1) is 28.3. The number of hydrogen-bond donors (Lipinski definition) is 0. The molecule has 0 aromatic heterocycles. The molecule has 278 valence electrons. The lowest BCUT2D eigenvalue weighted by Gasteiger charge is -2.26. The molecule has 0 amide bonds. The third-order valence-electron chi connectivity index (χ3n) is 12.9. The van der Waals surface area contributed by atoms with E-state index in [-0.39, 0.29) is 10.8 Å². The fraction of sp³-hybridized carbons (Fsp3) is 0.107. The predicted molar refractivity (Wildman–Crippen MR) is 246 cm³/mol. The summed E-state index contributed by atoms with van der Waals surface area (Å²) in [6.07, 6.45) is 0. The quantitative estimate of drug-likeness (QED) is 0.167. The number of fused-ring (bicyclic) bond motifs is 8. The van der Waals surface area contributed by atoms with E-state index in [1.165, 1.54) is 66.1 Å². The van der Waals surface area contributed by atoms with Gasteiger partial charge in [0.15, 0.2) is 0 Å². The third-order valence-corrected chi connectivity index (χ3v) is 12.9. The molecule has 9 aromatic rings. The Kier molecular flexibility index (Phi) is 7.59. The van der Waals surface area contributed by atoms with Crippen LogP contribution >= 0.6 is 0 Å². The van der Waals surface area contributed by atoms with Gasteiger partial charge in [-0.15, -0.1) is 0 Å². The third kappa shape index (κ3) is 5.25. The Labute approximate surface area is 341 Å². The van der Waals surface area contributed by atoms with Crippen LogP contribution in [0.2, 0.25) is 0 Å². The van der Waals surface area contributed by atoms with Gasteiger partial charge >= 0.3 is 0 Å².